The Hall–Kier alpha value is 0.150. The van der Waals surface area contributed by atoms with Crippen LogP contribution in [0.2, 0.25) is 0 Å². The summed E-state index contributed by atoms with van der Waals surface area (Å²) in [5.74, 6) is 0. The third-order valence-electron chi connectivity index (χ3n) is 2.79. The molecule has 0 saturated carbocycles. The zero-order valence-electron chi connectivity index (χ0n) is 8.08. The number of hydrogen-bond donors (Lipinski definition) is 2. The second-order valence-electron chi connectivity index (χ2n) is 3.38. The fourth-order valence-electron chi connectivity index (χ4n) is 1.52. The second kappa shape index (κ2) is 11.6. The van der Waals surface area contributed by atoms with Gasteiger partial charge in [-0.05, 0) is 24.7 Å². The Bertz CT molecular complexity index is 163. The summed E-state index contributed by atoms with van der Waals surface area (Å²) in [5.41, 5.74) is -0.154. The summed E-state index contributed by atoms with van der Waals surface area (Å²) in [4.78, 5) is 17.7. The molecule has 3 nitrogen and oxygen atoms in total. The molecule has 0 spiro atoms. The summed E-state index contributed by atoms with van der Waals surface area (Å²) in [5, 5.41) is 0. The zero-order chi connectivity index (χ0) is 9.83. The van der Waals surface area contributed by atoms with Crippen LogP contribution in [0, 0.1) is 5.41 Å². The first-order chi connectivity index (χ1) is 5.39. The topological polar surface area (TPSA) is 57.5 Å². The molecule has 106 valence electrons. The van der Waals surface area contributed by atoms with Crippen LogP contribution in [0.4, 0.5) is 0 Å². The molecule has 0 saturated heterocycles. The SMILES string of the molecule is C.C.C.C.CCC(CC)(CC)CP(=O)(O)O. The maximum absolute atomic E-state index is 10.8. The van der Waals surface area contributed by atoms with Gasteiger partial charge >= 0.3 is 7.60 Å². The maximum Gasteiger partial charge on any atom is 0.326 e. The highest BCUT2D eigenvalue weighted by molar-refractivity contribution is 7.51. The monoisotopic (exact) mass is 258 g/mol. The van der Waals surface area contributed by atoms with Gasteiger partial charge in [-0.15, -0.1) is 0 Å². The molecule has 0 aromatic carbocycles. The summed E-state index contributed by atoms with van der Waals surface area (Å²) >= 11 is 0. The molecule has 0 aromatic heterocycles. The molecule has 0 aliphatic heterocycles. The lowest BCUT2D eigenvalue weighted by molar-refractivity contribution is 0.261. The fraction of sp³-hybridized carbons (Fsp3) is 1.00. The van der Waals surface area contributed by atoms with Crippen LogP contribution >= 0.6 is 7.60 Å². The van der Waals surface area contributed by atoms with Crippen LogP contribution in [-0.4, -0.2) is 15.9 Å². The van der Waals surface area contributed by atoms with Crippen molar-refractivity contribution >= 4 is 7.60 Å². The van der Waals surface area contributed by atoms with E-state index < -0.39 is 7.60 Å². The lowest BCUT2D eigenvalue weighted by Gasteiger charge is -2.30. The normalized spacial score (nSPS) is 10.1. The Morgan fingerprint density at radius 1 is 0.875 bits per heavy atom. The Morgan fingerprint density at radius 3 is 1.19 bits per heavy atom. The average molecular weight is 258 g/mol. The van der Waals surface area contributed by atoms with Crippen molar-refractivity contribution in [3.05, 3.63) is 0 Å². The predicted molar refractivity (Wildman–Crippen MR) is 77.1 cm³/mol. The Morgan fingerprint density at radius 2 is 1.12 bits per heavy atom. The van der Waals surface area contributed by atoms with Gasteiger partial charge in [0.05, 0.1) is 6.16 Å². The minimum absolute atomic E-state index is 0. The minimum Gasteiger partial charge on any atom is -0.324 e. The van der Waals surface area contributed by atoms with Gasteiger partial charge in [-0.25, -0.2) is 0 Å². The van der Waals surface area contributed by atoms with Gasteiger partial charge in [0.2, 0.25) is 0 Å². The van der Waals surface area contributed by atoms with E-state index >= 15 is 0 Å². The third-order valence-corrected chi connectivity index (χ3v) is 3.87. The number of hydrogen-bond acceptors (Lipinski definition) is 1. The summed E-state index contributed by atoms with van der Waals surface area (Å²) in [6, 6.07) is 0. The van der Waals surface area contributed by atoms with E-state index in [0.717, 1.165) is 19.3 Å². The molecule has 0 amide bonds. The van der Waals surface area contributed by atoms with Crippen LogP contribution in [0.5, 0.6) is 0 Å². The molecule has 0 aliphatic rings. The molecule has 0 rings (SSSR count). The Balaban J connectivity index is -0.000000101. The first-order valence-electron chi connectivity index (χ1n) is 4.43. The van der Waals surface area contributed by atoms with Gasteiger partial charge in [-0.2, -0.15) is 0 Å². The van der Waals surface area contributed by atoms with Crippen molar-refractivity contribution in [2.75, 3.05) is 6.16 Å². The van der Waals surface area contributed by atoms with Crippen molar-refractivity contribution in [2.45, 2.75) is 69.7 Å². The molecule has 0 radical (unpaired) electrons. The molecule has 2 N–H and O–H groups in total. The van der Waals surface area contributed by atoms with E-state index in [1.54, 1.807) is 0 Å². The van der Waals surface area contributed by atoms with E-state index in [4.69, 9.17) is 9.79 Å². The molecular weight excluding hydrogens is 223 g/mol. The minimum atomic E-state index is -3.84. The van der Waals surface area contributed by atoms with E-state index in [-0.39, 0.29) is 41.3 Å². The van der Waals surface area contributed by atoms with Crippen molar-refractivity contribution < 1.29 is 14.4 Å². The summed E-state index contributed by atoms with van der Waals surface area (Å²) in [6.45, 7) is 5.97. The van der Waals surface area contributed by atoms with Gasteiger partial charge in [-0.1, -0.05) is 50.5 Å². The molecule has 0 atom stereocenters. The van der Waals surface area contributed by atoms with Crippen molar-refractivity contribution in [3.8, 4) is 0 Å². The van der Waals surface area contributed by atoms with Crippen molar-refractivity contribution in [2.24, 2.45) is 5.41 Å². The molecule has 0 fully saturated rings. The number of rotatable bonds is 5. The van der Waals surface area contributed by atoms with Crippen LogP contribution in [0.1, 0.15) is 69.7 Å². The molecule has 4 heteroatoms. The summed E-state index contributed by atoms with van der Waals surface area (Å²) in [6.07, 6.45) is 2.55. The average Bonchev–Trinajstić information content (AvgIpc) is 1.99. The van der Waals surface area contributed by atoms with Gasteiger partial charge in [0, 0.05) is 0 Å². The van der Waals surface area contributed by atoms with Crippen LogP contribution in [0.25, 0.3) is 0 Å². The molecule has 0 unspecified atom stereocenters. The van der Waals surface area contributed by atoms with E-state index in [1.165, 1.54) is 0 Å². The van der Waals surface area contributed by atoms with Crippen LogP contribution < -0.4 is 0 Å². The lowest BCUT2D eigenvalue weighted by atomic mass is 9.82. The zero-order valence-corrected chi connectivity index (χ0v) is 8.97. The quantitative estimate of drug-likeness (QED) is 0.688. The van der Waals surface area contributed by atoms with Gasteiger partial charge in [0.25, 0.3) is 0 Å². The van der Waals surface area contributed by atoms with E-state index in [1.807, 2.05) is 20.8 Å². The fourth-order valence-corrected chi connectivity index (χ4v) is 3.07. The molecule has 0 bridgehead atoms. The van der Waals surface area contributed by atoms with Gasteiger partial charge in [0.15, 0.2) is 0 Å². The van der Waals surface area contributed by atoms with Crippen LogP contribution in [-0.2, 0) is 4.57 Å². The van der Waals surface area contributed by atoms with E-state index in [0.29, 0.717) is 0 Å². The van der Waals surface area contributed by atoms with Gasteiger partial charge < -0.3 is 9.79 Å². The first-order valence-corrected chi connectivity index (χ1v) is 6.23. The molecular formula is C12H35O3P. The highest BCUT2D eigenvalue weighted by Crippen LogP contribution is 2.46. The van der Waals surface area contributed by atoms with Gasteiger partial charge in [-0.3, -0.25) is 4.57 Å². The van der Waals surface area contributed by atoms with Crippen molar-refractivity contribution in [3.63, 3.8) is 0 Å². The summed E-state index contributed by atoms with van der Waals surface area (Å²) in [7, 11) is -3.84. The largest absolute Gasteiger partial charge is 0.326 e. The molecule has 16 heavy (non-hydrogen) atoms. The second-order valence-corrected chi connectivity index (χ2v) is 5.03. The smallest absolute Gasteiger partial charge is 0.324 e. The van der Waals surface area contributed by atoms with Crippen LogP contribution in [0.15, 0.2) is 0 Å². The molecule has 0 aromatic rings. The van der Waals surface area contributed by atoms with Crippen LogP contribution in [0.3, 0.4) is 0 Å². The Kier molecular flexibility index (Phi) is 21.7. The highest BCUT2D eigenvalue weighted by Gasteiger charge is 2.31. The summed E-state index contributed by atoms with van der Waals surface area (Å²) < 4.78 is 10.8. The standard InChI is InChI=1S/C8H19O3P.4CH4/c1-4-8(5-2,6-3)7-12(9,10)11;;;;/h4-7H2,1-3H3,(H2,9,10,11);4*1H4. The molecule has 0 aliphatic carbocycles. The van der Waals surface area contributed by atoms with E-state index in [9.17, 15) is 4.57 Å². The molecule has 0 heterocycles. The van der Waals surface area contributed by atoms with Crippen molar-refractivity contribution in [1.82, 2.24) is 0 Å². The Labute approximate surface area is 104 Å². The lowest BCUT2D eigenvalue weighted by Crippen LogP contribution is -2.22. The third kappa shape index (κ3) is 10.7. The van der Waals surface area contributed by atoms with E-state index in [2.05, 4.69) is 0 Å². The maximum atomic E-state index is 10.8. The van der Waals surface area contributed by atoms with Gasteiger partial charge in [0.1, 0.15) is 0 Å². The highest BCUT2D eigenvalue weighted by atomic mass is 31.2. The van der Waals surface area contributed by atoms with Crippen molar-refractivity contribution in [1.29, 1.82) is 0 Å². The predicted octanol–water partition coefficient (Wildman–Crippen LogP) is 4.92. The first kappa shape index (κ1) is 29.8.